The zero-order valence-corrected chi connectivity index (χ0v) is 22.4. The van der Waals surface area contributed by atoms with Crippen LogP contribution in [0.3, 0.4) is 0 Å². The quantitative estimate of drug-likeness (QED) is 0.0849. The summed E-state index contributed by atoms with van der Waals surface area (Å²) < 4.78 is 25.0. The minimum absolute atomic E-state index is 0.269. The summed E-state index contributed by atoms with van der Waals surface area (Å²) in [6.07, 6.45) is 20.8. The van der Waals surface area contributed by atoms with Crippen molar-refractivity contribution >= 4 is 19.8 Å². The topological polar surface area (TPSA) is 119 Å². The van der Waals surface area contributed by atoms with Crippen LogP contribution in [0.15, 0.2) is 0 Å². The van der Waals surface area contributed by atoms with E-state index >= 15 is 0 Å². The smallest absolute Gasteiger partial charge is 0.462 e. The highest BCUT2D eigenvalue weighted by molar-refractivity contribution is 7.46. The van der Waals surface area contributed by atoms with Crippen LogP contribution in [0.5, 0.6) is 0 Å². The summed E-state index contributed by atoms with van der Waals surface area (Å²) >= 11 is 0. The van der Waals surface area contributed by atoms with Crippen molar-refractivity contribution in [3.05, 3.63) is 0 Å². The van der Waals surface area contributed by atoms with Crippen molar-refractivity contribution in [3.8, 4) is 0 Å². The largest absolute Gasteiger partial charge is 0.469 e. The number of esters is 2. The van der Waals surface area contributed by atoms with E-state index in [-0.39, 0.29) is 13.0 Å². The van der Waals surface area contributed by atoms with E-state index in [1.807, 2.05) is 0 Å². The highest BCUT2D eigenvalue weighted by Crippen LogP contribution is 2.35. The zero-order chi connectivity index (χ0) is 25.5. The Labute approximate surface area is 206 Å². The van der Waals surface area contributed by atoms with Crippen LogP contribution < -0.4 is 0 Å². The fourth-order valence-corrected chi connectivity index (χ4v) is 4.14. The van der Waals surface area contributed by atoms with Crippen molar-refractivity contribution in [2.75, 3.05) is 13.2 Å². The second-order valence-electron chi connectivity index (χ2n) is 9.11. The predicted octanol–water partition coefficient (Wildman–Crippen LogP) is 6.61. The van der Waals surface area contributed by atoms with E-state index in [1.165, 1.54) is 89.9 Å². The van der Waals surface area contributed by atoms with Gasteiger partial charge in [0, 0.05) is 13.3 Å². The number of carbonyl (C=O) groups is 2. The molecule has 2 N–H and O–H groups in total. The zero-order valence-electron chi connectivity index (χ0n) is 21.5. The molecule has 202 valence electrons. The molecular weight excluding hydrogens is 459 g/mol. The van der Waals surface area contributed by atoms with E-state index < -0.39 is 32.5 Å². The number of unbranched alkanes of at least 4 members (excludes halogenated alkanes) is 16. The minimum Gasteiger partial charge on any atom is -0.462 e. The normalized spacial score (nSPS) is 12.5. The van der Waals surface area contributed by atoms with Gasteiger partial charge in [0.05, 0.1) is 6.61 Å². The lowest BCUT2D eigenvalue weighted by molar-refractivity contribution is -0.159. The maximum Gasteiger partial charge on any atom is 0.469 e. The summed E-state index contributed by atoms with van der Waals surface area (Å²) in [7, 11) is -4.69. The van der Waals surface area contributed by atoms with Crippen molar-refractivity contribution in [1.82, 2.24) is 0 Å². The lowest BCUT2D eigenvalue weighted by Crippen LogP contribution is -2.28. The van der Waals surface area contributed by atoms with Gasteiger partial charge in [0.2, 0.25) is 0 Å². The fraction of sp³-hybridized carbons (Fsp3) is 0.920. The van der Waals surface area contributed by atoms with Gasteiger partial charge < -0.3 is 19.3 Å². The van der Waals surface area contributed by atoms with E-state index in [0.717, 1.165) is 26.2 Å². The Morgan fingerprint density at radius 2 is 1.12 bits per heavy atom. The number of phosphoric ester groups is 1. The van der Waals surface area contributed by atoms with Crippen molar-refractivity contribution < 1.29 is 37.9 Å². The summed E-state index contributed by atoms with van der Waals surface area (Å²) in [6.45, 7) is 2.57. The molecule has 0 aliphatic carbocycles. The Balaban J connectivity index is 3.52. The van der Waals surface area contributed by atoms with Gasteiger partial charge >= 0.3 is 19.8 Å². The van der Waals surface area contributed by atoms with Gasteiger partial charge in [0.15, 0.2) is 6.10 Å². The number of hydrogen-bond acceptors (Lipinski definition) is 6. The molecule has 0 radical (unpaired) electrons. The van der Waals surface area contributed by atoms with E-state index in [0.29, 0.717) is 0 Å². The predicted molar refractivity (Wildman–Crippen MR) is 133 cm³/mol. The average Bonchev–Trinajstić information content (AvgIpc) is 2.77. The van der Waals surface area contributed by atoms with E-state index in [4.69, 9.17) is 19.3 Å². The SMILES string of the molecule is CCCCCCCCCCCCCCCCCCCC(=O)OC[C@H](COP(=O)(O)O)OC(C)=O. The van der Waals surface area contributed by atoms with Gasteiger partial charge in [-0.1, -0.05) is 110 Å². The van der Waals surface area contributed by atoms with Crippen molar-refractivity contribution in [2.24, 2.45) is 0 Å². The third-order valence-electron chi connectivity index (χ3n) is 5.68. The van der Waals surface area contributed by atoms with Gasteiger partial charge in [0.1, 0.15) is 6.61 Å². The van der Waals surface area contributed by atoms with Gasteiger partial charge in [-0.2, -0.15) is 0 Å². The number of phosphoric acid groups is 1. The molecule has 0 fully saturated rings. The molecule has 9 heteroatoms. The molecule has 0 aliphatic rings. The first-order chi connectivity index (χ1) is 16.2. The summed E-state index contributed by atoms with van der Waals surface area (Å²) in [5.74, 6) is -1.07. The van der Waals surface area contributed by atoms with Gasteiger partial charge in [-0.25, -0.2) is 4.57 Å². The Morgan fingerprint density at radius 1 is 0.706 bits per heavy atom. The Hall–Kier alpha value is -0.950. The van der Waals surface area contributed by atoms with Crippen LogP contribution in [0, 0.1) is 0 Å². The van der Waals surface area contributed by atoms with Gasteiger partial charge in [-0.3, -0.25) is 14.1 Å². The molecule has 0 aromatic rings. The summed E-state index contributed by atoms with van der Waals surface area (Å²) in [6, 6.07) is 0. The van der Waals surface area contributed by atoms with Crippen molar-refractivity contribution in [1.29, 1.82) is 0 Å². The lowest BCUT2D eigenvalue weighted by atomic mass is 10.0. The monoisotopic (exact) mass is 508 g/mol. The number of rotatable bonds is 24. The van der Waals surface area contributed by atoms with Crippen LogP contribution in [0.2, 0.25) is 0 Å². The first kappa shape index (κ1) is 33.0. The first-order valence-electron chi connectivity index (χ1n) is 13.3. The fourth-order valence-electron chi connectivity index (χ4n) is 3.78. The molecule has 0 saturated heterocycles. The maximum atomic E-state index is 11.8. The van der Waals surface area contributed by atoms with E-state index in [9.17, 15) is 14.2 Å². The first-order valence-corrected chi connectivity index (χ1v) is 14.8. The molecule has 0 unspecified atom stereocenters. The molecule has 0 aromatic carbocycles. The molecule has 0 bridgehead atoms. The van der Waals surface area contributed by atoms with E-state index in [2.05, 4.69) is 11.4 Å². The Morgan fingerprint density at radius 3 is 1.50 bits per heavy atom. The second kappa shape index (κ2) is 22.5. The van der Waals surface area contributed by atoms with Crippen LogP contribution >= 0.6 is 7.82 Å². The van der Waals surface area contributed by atoms with Gasteiger partial charge in [-0.05, 0) is 6.42 Å². The van der Waals surface area contributed by atoms with Crippen molar-refractivity contribution in [2.45, 2.75) is 136 Å². The minimum atomic E-state index is -4.69. The van der Waals surface area contributed by atoms with E-state index in [1.54, 1.807) is 0 Å². The molecule has 0 aromatic heterocycles. The van der Waals surface area contributed by atoms with Crippen LogP contribution in [-0.4, -0.2) is 41.0 Å². The third-order valence-corrected chi connectivity index (χ3v) is 6.16. The Bertz CT molecular complexity index is 549. The highest BCUT2D eigenvalue weighted by atomic mass is 31.2. The van der Waals surface area contributed by atoms with Crippen LogP contribution in [0.25, 0.3) is 0 Å². The van der Waals surface area contributed by atoms with Gasteiger partial charge in [-0.15, -0.1) is 0 Å². The standard InChI is InChI=1S/C25H49O8P/c1-3-4-5-6-7-8-9-10-11-12-13-14-15-16-17-18-19-20-25(27)31-21-24(33-23(2)26)22-32-34(28,29)30/h24H,3-22H2,1-2H3,(H2,28,29,30)/t24-/m1/s1. The van der Waals surface area contributed by atoms with Crippen LogP contribution in [0.1, 0.15) is 129 Å². The Kier molecular flexibility index (Phi) is 21.9. The third kappa shape index (κ3) is 25.7. The summed E-state index contributed by atoms with van der Waals surface area (Å²) in [5.41, 5.74) is 0. The van der Waals surface area contributed by atoms with Crippen molar-refractivity contribution in [3.63, 3.8) is 0 Å². The summed E-state index contributed by atoms with van der Waals surface area (Å²) in [4.78, 5) is 40.4. The van der Waals surface area contributed by atoms with Crippen LogP contribution in [-0.2, 0) is 28.2 Å². The lowest BCUT2D eigenvalue weighted by Gasteiger charge is -2.17. The average molecular weight is 509 g/mol. The molecule has 0 spiro atoms. The molecule has 0 aliphatic heterocycles. The molecular formula is C25H49O8P. The molecule has 34 heavy (non-hydrogen) atoms. The second-order valence-corrected chi connectivity index (χ2v) is 10.3. The molecule has 0 amide bonds. The number of ether oxygens (including phenoxy) is 2. The number of hydrogen-bond donors (Lipinski definition) is 2. The molecule has 1 atom stereocenters. The number of carbonyl (C=O) groups excluding carboxylic acids is 2. The highest BCUT2D eigenvalue weighted by Gasteiger charge is 2.21. The molecule has 0 heterocycles. The molecule has 0 saturated carbocycles. The molecule has 8 nitrogen and oxygen atoms in total. The molecule has 0 rings (SSSR count). The van der Waals surface area contributed by atoms with Gasteiger partial charge in [0.25, 0.3) is 0 Å². The maximum absolute atomic E-state index is 11.8. The summed E-state index contributed by atoms with van der Waals surface area (Å²) in [5, 5.41) is 0. The van der Waals surface area contributed by atoms with Crippen LogP contribution in [0.4, 0.5) is 0 Å².